The van der Waals surface area contributed by atoms with Gasteiger partial charge in [-0.15, -0.1) is 0 Å². The minimum Gasteiger partial charge on any atom is -0.399 e. The molecule has 0 amide bonds. The molecule has 94 valence electrons. The van der Waals surface area contributed by atoms with E-state index in [1.165, 1.54) is 0 Å². The minimum atomic E-state index is -0.174. The van der Waals surface area contributed by atoms with Gasteiger partial charge in [0.25, 0.3) is 5.56 Å². The summed E-state index contributed by atoms with van der Waals surface area (Å²) in [5.41, 5.74) is 9.08. The number of H-pyrrole nitrogens is 1. The molecule has 0 bridgehead atoms. The van der Waals surface area contributed by atoms with Gasteiger partial charge in [-0.3, -0.25) is 4.79 Å². The summed E-state index contributed by atoms with van der Waals surface area (Å²) >= 11 is 0. The number of fused-ring (bicyclic) bond motifs is 1. The molecule has 3 N–H and O–H groups in total. The number of aryl methyl sites for hydroxylation is 1. The van der Waals surface area contributed by atoms with Crippen LogP contribution in [-0.4, -0.2) is 10.2 Å². The minimum absolute atomic E-state index is 0.174. The Bertz CT molecular complexity index is 821. The normalized spacial score (nSPS) is 10.8. The highest BCUT2D eigenvalue weighted by atomic mass is 16.1. The summed E-state index contributed by atoms with van der Waals surface area (Å²) in [4.78, 5) is 11.8. The summed E-state index contributed by atoms with van der Waals surface area (Å²) < 4.78 is 0. The molecule has 4 heteroatoms. The number of nitrogens with zero attached hydrogens (tertiary/aromatic N) is 1. The van der Waals surface area contributed by atoms with E-state index in [4.69, 9.17) is 5.73 Å². The van der Waals surface area contributed by atoms with Crippen LogP contribution in [0.25, 0.3) is 22.0 Å². The molecule has 0 fully saturated rings. The first kappa shape index (κ1) is 11.5. The zero-order valence-electron chi connectivity index (χ0n) is 10.5. The molecule has 0 saturated carbocycles. The van der Waals surface area contributed by atoms with Crippen molar-refractivity contribution in [1.82, 2.24) is 10.2 Å². The number of hydrogen-bond acceptors (Lipinski definition) is 3. The van der Waals surface area contributed by atoms with Gasteiger partial charge in [0.15, 0.2) is 0 Å². The van der Waals surface area contributed by atoms with Crippen molar-refractivity contribution in [1.29, 1.82) is 0 Å². The summed E-state index contributed by atoms with van der Waals surface area (Å²) in [5.74, 6) is 0. The first-order valence-electron chi connectivity index (χ1n) is 6.01. The Morgan fingerprint density at radius 2 is 1.84 bits per heavy atom. The molecule has 0 radical (unpaired) electrons. The third-order valence-electron chi connectivity index (χ3n) is 3.20. The smallest absolute Gasteiger partial charge is 0.272 e. The highest BCUT2D eigenvalue weighted by Gasteiger charge is 2.10. The summed E-state index contributed by atoms with van der Waals surface area (Å²) in [6.07, 6.45) is 0. The number of nitrogens with two attached hydrogens (primary N) is 1. The maximum absolute atomic E-state index is 11.8. The molecule has 3 aromatic rings. The Balaban J connectivity index is 2.37. The van der Waals surface area contributed by atoms with Crippen LogP contribution in [0.2, 0.25) is 0 Å². The Morgan fingerprint density at radius 1 is 1.11 bits per heavy atom. The van der Waals surface area contributed by atoms with E-state index < -0.39 is 0 Å². The SMILES string of the molecule is Cc1cc(N)ccc1-c1n[nH]c(=O)c2ccccc12. The summed E-state index contributed by atoms with van der Waals surface area (Å²) in [6.45, 7) is 1.98. The maximum atomic E-state index is 11.8. The Hall–Kier alpha value is -2.62. The van der Waals surface area contributed by atoms with Crippen molar-refractivity contribution in [3.05, 3.63) is 58.4 Å². The fraction of sp³-hybridized carbons (Fsp3) is 0.0667. The number of nitrogen functional groups attached to an aromatic ring is 1. The molecule has 0 saturated heterocycles. The predicted molar refractivity (Wildman–Crippen MR) is 76.9 cm³/mol. The van der Waals surface area contributed by atoms with Gasteiger partial charge in [-0.05, 0) is 30.7 Å². The number of aromatic nitrogens is 2. The highest BCUT2D eigenvalue weighted by Crippen LogP contribution is 2.27. The molecule has 0 unspecified atom stereocenters. The van der Waals surface area contributed by atoms with Crippen LogP contribution in [-0.2, 0) is 0 Å². The highest BCUT2D eigenvalue weighted by molar-refractivity contribution is 5.94. The topological polar surface area (TPSA) is 71.8 Å². The Labute approximate surface area is 109 Å². The zero-order chi connectivity index (χ0) is 13.4. The molecule has 0 aliphatic heterocycles. The second-order valence-corrected chi connectivity index (χ2v) is 4.52. The van der Waals surface area contributed by atoms with Crippen LogP contribution in [0.4, 0.5) is 5.69 Å². The van der Waals surface area contributed by atoms with Gasteiger partial charge in [-0.1, -0.05) is 24.3 Å². The van der Waals surface area contributed by atoms with E-state index in [-0.39, 0.29) is 5.56 Å². The van der Waals surface area contributed by atoms with Crippen LogP contribution < -0.4 is 11.3 Å². The molecule has 0 aliphatic rings. The van der Waals surface area contributed by atoms with Crippen molar-refractivity contribution in [2.75, 3.05) is 5.73 Å². The van der Waals surface area contributed by atoms with Crippen LogP contribution in [0.3, 0.4) is 0 Å². The van der Waals surface area contributed by atoms with E-state index in [9.17, 15) is 4.79 Å². The van der Waals surface area contributed by atoms with Gasteiger partial charge in [-0.2, -0.15) is 5.10 Å². The Kier molecular flexibility index (Phi) is 2.56. The van der Waals surface area contributed by atoms with Gasteiger partial charge in [0.1, 0.15) is 0 Å². The molecule has 19 heavy (non-hydrogen) atoms. The van der Waals surface area contributed by atoms with Crippen molar-refractivity contribution in [2.24, 2.45) is 0 Å². The molecular weight excluding hydrogens is 238 g/mol. The predicted octanol–water partition coefficient (Wildman–Crippen LogP) is 2.48. The standard InChI is InChI=1S/C15H13N3O/c1-9-8-10(16)6-7-11(9)14-12-4-2-3-5-13(12)15(19)18-17-14/h2-8H,16H2,1H3,(H,18,19). The van der Waals surface area contributed by atoms with Gasteiger partial charge in [0, 0.05) is 16.6 Å². The van der Waals surface area contributed by atoms with E-state index in [1.54, 1.807) is 6.07 Å². The fourth-order valence-electron chi connectivity index (χ4n) is 2.27. The Morgan fingerprint density at radius 3 is 2.58 bits per heavy atom. The lowest BCUT2D eigenvalue weighted by molar-refractivity contribution is 1.02. The van der Waals surface area contributed by atoms with E-state index >= 15 is 0 Å². The zero-order valence-corrected chi connectivity index (χ0v) is 10.5. The maximum Gasteiger partial charge on any atom is 0.272 e. The molecule has 0 spiro atoms. The van der Waals surface area contributed by atoms with E-state index in [0.29, 0.717) is 5.39 Å². The molecule has 0 aliphatic carbocycles. The monoisotopic (exact) mass is 251 g/mol. The van der Waals surface area contributed by atoms with Crippen molar-refractivity contribution in [2.45, 2.75) is 6.92 Å². The van der Waals surface area contributed by atoms with Crippen LogP contribution in [0.1, 0.15) is 5.56 Å². The van der Waals surface area contributed by atoms with E-state index in [2.05, 4.69) is 10.2 Å². The van der Waals surface area contributed by atoms with Crippen molar-refractivity contribution in [3.8, 4) is 11.3 Å². The van der Waals surface area contributed by atoms with Crippen molar-refractivity contribution >= 4 is 16.5 Å². The second-order valence-electron chi connectivity index (χ2n) is 4.52. The lowest BCUT2D eigenvalue weighted by atomic mass is 10.0. The third kappa shape index (κ3) is 1.87. The number of benzene rings is 2. The lowest BCUT2D eigenvalue weighted by Gasteiger charge is -2.08. The van der Waals surface area contributed by atoms with E-state index in [0.717, 1.165) is 27.9 Å². The van der Waals surface area contributed by atoms with Gasteiger partial charge < -0.3 is 5.73 Å². The average Bonchev–Trinajstić information content (AvgIpc) is 2.41. The van der Waals surface area contributed by atoms with Gasteiger partial charge >= 0.3 is 0 Å². The summed E-state index contributed by atoms with van der Waals surface area (Å²) in [7, 11) is 0. The summed E-state index contributed by atoms with van der Waals surface area (Å²) in [5, 5.41) is 8.22. The van der Waals surface area contributed by atoms with Crippen LogP contribution >= 0.6 is 0 Å². The molecule has 2 aromatic carbocycles. The number of hydrogen-bond donors (Lipinski definition) is 2. The molecule has 4 nitrogen and oxygen atoms in total. The first-order valence-corrected chi connectivity index (χ1v) is 6.01. The number of anilines is 1. The first-order chi connectivity index (χ1) is 9.16. The molecule has 1 heterocycles. The van der Waals surface area contributed by atoms with Gasteiger partial charge in [-0.25, -0.2) is 5.10 Å². The second kappa shape index (κ2) is 4.24. The number of rotatable bonds is 1. The average molecular weight is 251 g/mol. The molecule has 3 rings (SSSR count). The number of aromatic amines is 1. The van der Waals surface area contributed by atoms with Crippen molar-refractivity contribution in [3.63, 3.8) is 0 Å². The molecule has 0 atom stereocenters. The van der Waals surface area contributed by atoms with Gasteiger partial charge in [0.05, 0.1) is 11.1 Å². The van der Waals surface area contributed by atoms with Crippen LogP contribution in [0.15, 0.2) is 47.3 Å². The fourth-order valence-corrected chi connectivity index (χ4v) is 2.27. The molecular formula is C15H13N3O. The third-order valence-corrected chi connectivity index (χ3v) is 3.20. The van der Waals surface area contributed by atoms with Crippen LogP contribution in [0.5, 0.6) is 0 Å². The van der Waals surface area contributed by atoms with E-state index in [1.807, 2.05) is 43.3 Å². The van der Waals surface area contributed by atoms with Crippen LogP contribution in [0, 0.1) is 6.92 Å². The lowest BCUT2D eigenvalue weighted by Crippen LogP contribution is -2.09. The van der Waals surface area contributed by atoms with Gasteiger partial charge in [0.2, 0.25) is 0 Å². The summed E-state index contributed by atoms with van der Waals surface area (Å²) in [6, 6.07) is 13.1. The van der Waals surface area contributed by atoms with Crippen molar-refractivity contribution < 1.29 is 0 Å². The largest absolute Gasteiger partial charge is 0.399 e. The number of nitrogens with one attached hydrogen (secondary N) is 1. The molecule has 1 aromatic heterocycles. The quantitative estimate of drug-likeness (QED) is 0.653.